The highest BCUT2D eigenvalue weighted by Crippen LogP contribution is 2.30. The Morgan fingerprint density at radius 1 is 1.39 bits per heavy atom. The van der Waals surface area contributed by atoms with Gasteiger partial charge in [0.2, 0.25) is 5.91 Å². The number of esters is 1. The van der Waals surface area contributed by atoms with Crippen molar-refractivity contribution in [1.29, 1.82) is 0 Å². The van der Waals surface area contributed by atoms with Crippen molar-refractivity contribution in [2.75, 3.05) is 7.11 Å². The lowest BCUT2D eigenvalue weighted by Crippen LogP contribution is -2.29. The Morgan fingerprint density at radius 3 is 2.78 bits per heavy atom. The summed E-state index contributed by atoms with van der Waals surface area (Å²) in [4.78, 5) is 22.7. The van der Waals surface area contributed by atoms with Crippen LogP contribution in [0.5, 0.6) is 0 Å². The second-order valence-electron chi connectivity index (χ2n) is 4.51. The molecule has 2 unspecified atom stereocenters. The fourth-order valence-corrected chi connectivity index (χ4v) is 2.41. The molecule has 0 spiro atoms. The zero-order valence-corrected chi connectivity index (χ0v) is 10.4. The van der Waals surface area contributed by atoms with Crippen LogP contribution in [-0.2, 0) is 14.3 Å². The van der Waals surface area contributed by atoms with Crippen molar-refractivity contribution in [1.82, 2.24) is 5.32 Å². The summed E-state index contributed by atoms with van der Waals surface area (Å²) < 4.78 is 4.63. The van der Waals surface area contributed by atoms with Gasteiger partial charge in [0.05, 0.1) is 7.11 Å². The summed E-state index contributed by atoms with van der Waals surface area (Å²) in [7, 11) is 1.38. The maximum atomic E-state index is 11.5. The van der Waals surface area contributed by atoms with Crippen LogP contribution in [-0.4, -0.2) is 25.0 Å². The summed E-state index contributed by atoms with van der Waals surface area (Å²) in [6.45, 7) is 0. The summed E-state index contributed by atoms with van der Waals surface area (Å²) in [5.41, 5.74) is 1.14. The van der Waals surface area contributed by atoms with E-state index in [2.05, 4.69) is 10.1 Å². The predicted octanol–water partition coefficient (Wildman–Crippen LogP) is 1.61. The predicted molar refractivity (Wildman–Crippen MR) is 67.0 cm³/mol. The Labute approximate surface area is 106 Å². The summed E-state index contributed by atoms with van der Waals surface area (Å²) in [6, 6.07) is 9.97. The number of carbonyl (C=O) groups is 2. The highest BCUT2D eigenvalue weighted by Gasteiger charge is 2.33. The molecule has 2 rings (SSSR count). The van der Waals surface area contributed by atoms with Crippen molar-refractivity contribution >= 4 is 11.9 Å². The SMILES string of the molecule is COC(=O)CCC1NC(=O)CC1c1ccccc1. The minimum absolute atomic E-state index is 0.0269. The molecular formula is C14H17NO3. The van der Waals surface area contributed by atoms with Gasteiger partial charge in [0, 0.05) is 24.8 Å². The molecule has 0 aromatic heterocycles. The minimum Gasteiger partial charge on any atom is -0.469 e. The van der Waals surface area contributed by atoms with E-state index in [9.17, 15) is 9.59 Å². The van der Waals surface area contributed by atoms with Gasteiger partial charge in [-0.3, -0.25) is 9.59 Å². The average molecular weight is 247 g/mol. The van der Waals surface area contributed by atoms with E-state index in [0.29, 0.717) is 19.3 Å². The van der Waals surface area contributed by atoms with E-state index in [1.165, 1.54) is 7.11 Å². The second kappa shape index (κ2) is 5.67. The molecule has 4 heteroatoms. The summed E-state index contributed by atoms with van der Waals surface area (Å²) in [5.74, 6) is -0.0231. The zero-order valence-electron chi connectivity index (χ0n) is 10.4. The van der Waals surface area contributed by atoms with Crippen molar-refractivity contribution in [3.05, 3.63) is 35.9 Å². The van der Waals surface area contributed by atoms with E-state index in [-0.39, 0.29) is 23.8 Å². The van der Waals surface area contributed by atoms with Crippen LogP contribution >= 0.6 is 0 Å². The third-order valence-electron chi connectivity index (χ3n) is 3.35. The molecule has 1 N–H and O–H groups in total. The highest BCUT2D eigenvalue weighted by molar-refractivity contribution is 5.80. The van der Waals surface area contributed by atoms with Crippen LogP contribution in [0, 0.1) is 0 Å². The van der Waals surface area contributed by atoms with Gasteiger partial charge >= 0.3 is 5.97 Å². The number of nitrogens with one attached hydrogen (secondary N) is 1. The van der Waals surface area contributed by atoms with Crippen LogP contribution in [0.1, 0.15) is 30.7 Å². The third-order valence-corrected chi connectivity index (χ3v) is 3.35. The van der Waals surface area contributed by atoms with E-state index in [4.69, 9.17) is 0 Å². The Morgan fingerprint density at radius 2 is 2.11 bits per heavy atom. The Balaban J connectivity index is 2.04. The molecule has 0 radical (unpaired) electrons. The lowest BCUT2D eigenvalue weighted by Gasteiger charge is -2.18. The van der Waals surface area contributed by atoms with Gasteiger partial charge in [-0.1, -0.05) is 30.3 Å². The largest absolute Gasteiger partial charge is 0.469 e. The molecule has 0 aliphatic carbocycles. The molecule has 1 saturated heterocycles. The van der Waals surface area contributed by atoms with Crippen molar-refractivity contribution in [3.8, 4) is 0 Å². The molecule has 1 aliphatic rings. The van der Waals surface area contributed by atoms with Gasteiger partial charge in [-0.2, -0.15) is 0 Å². The average Bonchev–Trinajstić information content (AvgIpc) is 2.78. The fourth-order valence-electron chi connectivity index (χ4n) is 2.41. The van der Waals surface area contributed by atoms with Crippen LogP contribution in [0.15, 0.2) is 30.3 Å². The maximum absolute atomic E-state index is 11.5. The Kier molecular flexibility index (Phi) is 3.97. The molecule has 1 aromatic carbocycles. The summed E-state index contributed by atoms with van der Waals surface area (Å²) >= 11 is 0. The van der Waals surface area contributed by atoms with Crippen LogP contribution in [0.4, 0.5) is 0 Å². The van der Waals surface area contributed by atoms with Crippen LogP contribution in [0.3, 0.4) is 0 Å². The fraction of sp³-hybridized carbons (Fsp3) is 0.429. The first-order valence-electron chi connectivity index (χ1n) is 6.12. The number of benzene rings is 1. The molecule has 0 saturated carbocycles. The van der Waals surface area contributed by atoms with Crippen LogP contribution in [0.25, 0.3) is 0 Å². The van der Waals surface area contributed by atoms with Crippen LogP contribution in [0.2, 0.25) is 0 Å². The molecule has 4 nitrogen and oxygen atoms in total. The topological polar surface area (TPSA) is 55.4 Å². The van der Waals surface area contributed by atoms with Gasteiger partial charge in [0.25, 0.3) is 0 Å². The number of rotatable bonds is 4. The van der Waals surface area contributed by atoms with Gasteiger partial charge in [-0.15, -0.1) is 0 Å². The van der Waals surface area contributed by atoms with Gasteiger partial charge in [0.1, 0.15) is 0 Å². The first-order chi connectivity index (χ1) is 8.70. The molecule has 1 amide bonds. The number of methoxy groups -OCH3 is 1. The Hall–Kier alpha value is -1.84. The summed E-state index contributed by atoms with van der Waals surface area (Å²) in [6.07, 6.45) is 1.46. The molecule has 1 fully saturated rings. The molecule has 1 aromatic rings. The van der Waals surface area contributed by atoms with Crippen molar-refractivity contribution in [2.24, 2.45) is 0 Å². The number of carbonyl (C=O) groups excluding carboxylic acids is 2. The number of hydrogen-bond acceptors (Lipinski definition) is 3. The Bertz CT molecular complexity index is 430. The lowest BCUT2D eigenvalue weighted by molar-refractivity contribution is -0.140. The number of ether oxygens (including phenoxy) is 1. The molecule has 2 atom stereocenters. The molecule has 96 valence electrons. The normalized spacial score (nSPS) is 22.6. The monoisotopic (exact) mass is 247 g/mol. The molecule has 1 heterocycles. The van der Waals surface area contributed by atoms with Crippen molar-refractivity contribution in [3.63, 3.8) is 0 Å². The van der Waals surface area contributed by atoms with E-state index < -0.39 is 0 Å². The third kappa shape index (κ3) is 2.88. The van der Waals surface area contributed by atoms with Crippen molar-refractivity contribution < 1.29 is 14.3 Å². The maximum Gasteiger partial charge on any atom is 0.305 e. The van der Waals surface area contributed by atoms with E-state index in [1.54, 1.807) is 0 Å². The molecular weight excluding hydrogens is 230 g/mol. The van der Waals surface area contributed by atoms with E-state index in [0.717, 1.165) is 5.56 Å². The quantitative estimate of drug-likeness (QED) is 0.822. The van der Waals surface area contributed by atoms with Gasteiger partial charge < -0.3 is 10.1 Å². The van der Waals surface area contributed by atoms with Gasteiger partial charge in [0.15, 0.2) is 0 Å². The summed E-state index contributed by atoms with van der Waals surface area (Å²) in [5, 5.41) is 2.94. The highest BCUT2D eigenvalue weighted by atomic mass is 16.5. The first-order valence-corrected chi connectivity index (χ1v) is 6.12. The van der Waals surface area contributed by atoms with Gasteiger partial charge in [-0.25, -0.2) is 0 Å². The minimum atomic E-state index is -0.233. The van der Waals surface area contributed by atoms with Crippen LogP contribution < -0.4 is 5.32 Å². The first kappa shape index (κ1) is 12.6. The zero-order chi connectivity index (χ0) is 13.0. The lowest BCUT2D eigenvalue weighted by atomic mass is 9.89. The molecule has 18 heavy (non-hydrogen) atoms. The standard InChI is InChI=1S/C14H17NO3/c1-18-14(17)8-7-12-11(9-13(16)15-12)10-5-3-2-4-6-10/h2-6,11-12H,7-9H2,1H3,(H,15,16). The smallest absolute Gasteiger partial charge is 0.305 e. The molecule has 0 bridgehead atoms. The van der Waals surface area contributed by atoms with E-state index in [1.807, 2.05) is 30.3 Å². The number of amides is 1. The second-order valence-corrected chi connectivity index (χ2v) is 4.51. The molecule has 1 aliphatic heterocycles. The van der Waals surface area contributed by atoms with E-state index >= 15 is 0 Å². The van der Waals surface area contributed by atoms with Crippen molar-refractivity contribution in [2.45, 2.75) is 31.2 Å². The number of hydrogen-bond donors (Lipinski definition) is 1. The van der Waals surface area contributed by atoms with Gasteiger partial charge in [-0.05, 0) is 12.0 Å².